The smallest absolute Gasteiger partial charge is 0.261 e. The van der Waals surface area contributed by atoms with E-state index in [4.69, 9.17) is 27.9 Å². The minimum Gasteiger partial charge on any atom is -0.481 e. The van der Waals surface area contributed by atoms with Gasteiger partial charge in [0, 0.05) is 29.1 Å². The number of rotatable bonds is 10. The standard InChI is InChI=1S/C27H27Cl2FN2O3/c1-18(2)31-27(34)24(14-19-8-4-3-5-9-19)32(16-20-12-13-21(28)15-22(20)29)26(33)17-35-25-11-7-6-10-23(25)30/h3-13,15,18,24H,14,16-17H2,1-2H3,(H,31,34). The predicted molar refractivity (Wildman–Crippen MR) is 136 cm³/mol. The maximum Gasteiger partial charge on any atom is 0.261 e. The third kappa shape index (κ3) is 7.70. The van der Waals surface area contributed by atoms with Crippen LogP contribution in [0.25, 0.3) is 0 Å². The van der Waals surface area contributed by atoms with Crippen molar-refractivity contribution in [3.8, 4) is 5.75 Å². The summed E-state index contributed by atoms with van der Waals surface area (Å²) >= 11 is 12.4. The first-order valence-electron chi connectivity index (χ1n) is 11.2. The van der Waals surface area contributed by atoms with Crippen molar-refractivity contribution in [1.82, 2.24) is 10.2 Å². The molecule has 2 amide bonds. The molecule has 0 aliphatic carbocycles. The average Bonchev–Trinajstić information content (AvgIpc) is 2.82. The Hall–Kier alpha value is -3.09. The normalized spacial score (nSPS) is 11.7. The Morgan fingerprint density at radius 3 is 2.34 bits per heavy atom. The first-order valence-corrected chi connectivity index (χ1v) is 11.9. The van der Waals surface area contributed by atoms with Crippen molar-refractivity contribution >= 4 is 35.0 Å². The third-order valence-electron chi connectivity index (χ3n) is 5.25. The first-order chi connectivity index (χ1) is 16.7. The lowest BCUT2D eigenvalue weighted by Gasteiger charge is -2.32. The van der Waals surface area contributed by atoms with Crippen molar-refractivity contribution in [3.63, 3.8) is 0 Å². The molecule has 0 radical (unpaired) electrons. The van der Waals surface area contributed by atoms with Crippen LogP contribution in [0.15, 0.2) is 72.8 Å². The van der Waals surface area contributed by atoms with Gasteiger partial charge in [-0.2, -0.15) is 0 Å². The number of para-hydroxylation sites is 1. The molecule has 0 aliphatic heterocycles. The maximum atomic E-state index is 14.1. The van der Waals surface area contributed by atoms with Crippen LogP contribution in [0.2, 0.25) is 10.0 Å². The van der Waals surface area contributed by atoms with Gasteiger partial charge in [-0.25, -0.2) is 4.39 Å². The van der Waals surface area contributed by atoms with Gasteiger partial charge in [-0.05, 0) is 49.2 Å². The molecule has 3 rings (SSSR count). The second-order valence-electron chi connectivity index (χ2n) is 8.35. The summed E-state index contributed by atoms with van der Waals surface area (Å²) in [6.07, 6.45) is 0.274. The van der Waals surface area contributed by atoms with Crippen molar-refractivity contribution < 1.29 is 18.7 Å². The van der Waals surface area contributed by atoms with Crippen LogP contribution in [0, 0.1) is 5.82 Å². The highest BCUT2D eigenvalue weighted by Crippen LogP contribution is 2.24. The Morgan fingerprint density at radius 2 is 1.69 bits per heavy atom. The largest absolute Gasteiger partial charge is 0.481 e. The fourth-order valence-electron chi connectivity index (χ4n) is 3.55. The van der Waals surface area contributed by atoms with E-state index in [1.54, 1.807) is 24.3 Å². The van der Waals surface area contributed by atoms with Crippen LogP contribution < -0.4 is 10.1 Å². The van der Waals surface area contributed by atoms with Crippen LogP contribution in [-0.4, -0.2) is 35.4 Å². The molecule has 0 heterocycles. The van der Waals surface area contributed by atoms with Gasteiger partial charge in [0.15, 0.2) is 18.2 Å². The second-order valence-corrected chi connectivity index (χ2v) is 9.19. The number of ether oxygens (including phenoxy) is 1. The van der Waals surface area contributed by atoms with Gasteiger partial charge in [-0.3, -0.25) is 9.59 Å². The summed E-state index contributed by atoms with van der Waals surface area (Å²) in [6, 6.07) is 19.2. The van der Waals surface area contributed by atoms with Gasteiger partial charge in [-0.15, -0.1) is 0 Å². The zero-order valence-electron chi connectivity index (χ0n) is 19.5. The van der Waals surface area contributed by atoms with Crippen LogP contribution in [-0.2, 0) is 22.6 Å². The fraction of sp³-hybridized carbons (Fsp3) is 0.259. The van der Waals surface area contributed by atoms with Gasteiger partial charge in [0.25, 0.3) is 5.91 Å². The number of halogens is 3. The van der Waals surface area contributed by atoms with Crippen LogP contribution >= 0.6 is 23.2 Å². The SMILES string of the molecule is CC(C)NC(=O)C(Cc1ccccc1)N(Cc1ccc(Cl)cc1Cl)C(=O)COc1ccccc1F. The zero-order chi connectivity index (χ0) is 25.4. The number of nitrogens with one attached hydrogen (secondary N) is 1. The molecule has 0 aromatic heterocycles. The van der Waals surface area contributed by atoms with Gasteiger partial charge in [0.1, 0.15) is 6.04 Å². The fourth-order valence-corrected chi connectivity index (χ4v) is 4.02. The minimum absolute atomic E-state index is 0.0402. The Labute approximate surface area is 214 Å². The quantitative estimate of drug-likeness (QED) is 0.377. The monoisotopic (exact) mass is 516 g/mol. The van der Waals surface area contributed by atoms with E-state index in [1.807, 2.05) is 44.2 Å². The molecule has 0 saturated heterocycles. The molecule has 1 unspecified atom stereocenters. The Morgan fingerprint density at radius 1 is 1.00 bits per heavy atom. The molecule has 3 aromatic rings. The Kier molecular flexibility index (Phi) is 9.52. The summed E-state index contributed by atoms with van der Waals surface area (Å²) in [6.45, 7) is 3.28. The molecule has 3 aromatic carbocycles. The van der Waals surface area contributed by atoms with Crippen molar-refractivity contribution in [2.24, 2.45) is 0 Å². The molecule has 0 saturated carbocycles. The highest BCUT2D eigenvalue weighted by Gasteiger charge is 2.31. The Bertz CT molecular complexity index is 1160. The second kappa shape index (κ2) is 12.6. The molecule has 5 nitrogen and oxygen atoms in total. The summed E-state index contributed by atoms with van der Waals surface area (Å²) in [5.74, 6) is -1.42. The lowest BCUT2D eigenvalue weighted by Crippen LogP contribution is -2.52. The average molecular weight is 517 g/mol. The summed E-state index contributed by atoms with van der Waals surface area (Å²) in [5.41, 5.74) is 1.50. The molecule has 1 atom stereocenters. The molecule has 35 heavy (non-hydrogen) atoms. The minimum atomic E-state index is -0.858. The molecule has 0 aliphatic rings. The summed E-state index contributed by atoms with van der Waals surface area (Å²) < 4.78 is 19.5. The van der Waals surface area contributed by atoms with Crippen LogP contribution in [0.1, 0.15) is 25.0 Å². The van der Waals surface area contributed by atoms with Gasteiger partial charge >= 0.3 is 0 Å². The van der Waals surface area contributed by atoms with E-state index in [1.165, 1.54) is 23.1 Å². The zero-order valence-corrected chi connectivity index (χ0v) is 21.0. The lowest BCUT2D eigenvalue weighted by molar-refractivity contribution is -0.143. The van der Waals surface area contributed by atoms with E-state index in [9.17, 15) is 14.0 Å². The number of hydrogen-bond donors (Lipinski definition) is 1. The number of carbonyl (C=O) groups excluding carboxylic acids is 2. The number of benzene rings is 3. The van der Waals surface area contributed by atoms with Crippen LogP contribution in [0.3, 0.4) is 0 Å². The summed E-state index contributed by atoms with van der Waals surface area (Å²) in [4.78, 5) is 28.2. The van der Waals surface area contributed by atoms with Crippen molar-refractivity contribution in [3.05, 3.63) is 99.8 Å². The number of nitrogens with zero attached hydrogens (tertiary/aromatic N) is 1. The van der Waals surface area contributed by atoms with Crippen molar-refractivity contribution in [1.29, 1.82) is 0 Å². The molecule has 1 N–H and O–H groups in total. The molecule has 0 spiro atoms. The summed E-state index contributed by atoms with van der Waals surface area (Å²) in [7, 11) is 0. The topological polar surface area (TPSA) is 58.6 Å². The highest BCUT2D eigenvalue weighted by atomic mass is 35.5. The van der Waals surface area contributed by atoms with Crippen LogP contribution in [0.4, 0.5) is 4.39 Å². The van der Waals surface area contributed by atoms with Gasteiger partial charge in [0.2, 0.25) is 5.91 Å². The van der Waals surface area contributed by atoms with Gasteiger partial charge in [-0.1, -0.05) is 71.7 Å². The van der Waals surface area contributed by atoms with E-state index in [0.29, 0.717) is 15.6 Å². The van der Waals surface area contributed by atoms with E-state index in [-0.39, 0.29) is 30.7 Å². The van der Waals surface area contributed by atoms with E-state index < -0.39 is 24.4 Å². The summed E-state index contributed by atoms with van der Waals surface area (Å²) in [5, 5.41) is 3.73. The van der Waals surface area contributed by atoms with Crippen molar-refractivity contribution in [2.75, 3.05) is 6.61 Å². The Balaban J connectivity index is 1.95. The van der Waals surface area contributed by atoms with Gasteiger partial charge < -0.3 is 15.0 Å². The lowest BCUT2D eigenvalue weighted by atomic mass is 10.0. The predicted octanol–water partition coefficient (Wildman–Crippen LogP) is 5.68. The van der Waals surface area contributed by atoms with Crippen LogP contribution in [0.5, 0.6) is 5.75 Å². The molecular formula is C27H27Cl2FN2O3. The number of hydrogen-bond acceptors (Lipinski definition) is 3. The third-order valence-corrected chi connectivity index (χ3v) is 5.83. The van der Waals surface area contributed by atoms with Crippen molar-refractivity contribution in [2.45, 2.75) is 38.9 Å². The number of carbonyl (C=O) groups is 2. The van der Waals surface area contributed by atoms with E-state index in [0.717, 1.165) is 5.56 Å². The molecular weight excluding hydrogens is 490 g/mol. The van der Waals surface area contributed by atoms with Gasteiger partial charge in [0.05, 0.1) is 0 Å². The first kappa shape index (κ1) is 26.5. The number of amides is 2. The van der Waals surface area contributed by atoms with E-state index >= 15 is 0 Å². The molecule has 184 valence electrons. The maximum absolute atomic E-state index is 14.1. The molecule has 0 bridgehead atoms. The van der Waals surface area contributed by atoms with E-state index in [2.05, 4.69) is 5.32 Å². The highest BCUT2D eigenvalue weighted by molar-refractivity contribution is 6.35. The molecule has 8 heteroatoms. The molecule has 0 fully saturated rings.